The maximum absolute atomic E-state index is 13.2. The molecule has 0 atom stereocenters. The second kappa shape index (κ2) is 8.40. The van der Waals surface area contributed by atoms with Gasteiger partial charge in [0.15, 0.2) is 5.82 Å². The minimum atomic E-state index is -3.48. The van der Waals surface area contributed by atoms with Crippen molar-refractivity contribution >= 4 is 15.8 Å². The van der Waals surface area contributed by atoms with Crippen LogP contribution in [0.5, 0.6) is 0 Å². The summed E-state index contributed by atoms with van der Waals surface area (Å²) in [6, 6.07) is 9.50. The molecule has 7 heteroatoms. The Morgan fingerprint density at radius 3 is 2.31 bits per heavy atom. The van der Waals surface area contributed by atoms with Crippen molar-refractivity contribution in [3.8, 4) is 11.3 Å². The number of hydrogen-bond acceptors (Lipinski definition) is 5. The maximum atomic E-state index is 13.2. The summed E-state index contributed by atoms with van der Waals surface area (Å²) in [6.45, 7) is 7.38. The fraction of sp³-hybridized carbons (Fsp3) is 0.545. The molecule has 0 N–H and O–H groups in total. The van der Waals surface area contributed by atoms with Gasteiger partial charge in [0.1, 0.15) is 0 Å². The maximum Gasteiger partial charge on any atom is 0.243 e. The average Bonchev–Trinajstić information content (AvgIpc) is 2.75. The van der Waals surface area contributed by atoms with Crippen molar-refractivity contribution in [1.82, 2.24) is 14.5 Å². The highest BCUT2D eigenvalue weighted by molar-refractivity contribution is 7.89. The molecule has 6 nitrogen and oxygen atoms in total. The molecule has 0 radical (unpaired) electrons. The fourth-order valence-electron chi connectivity index (χ4n) is 4.17. The molecule has 4 rings (SSSR count). The van der Waals surface area contributed by atoms with Crippen molar-refractivity contribution in [3.05, 3.63) is 35.9 Å². The first kappa shape index (κ1) is 20.3. The molecular weight excluding hydrogens is 384 g/mol. The zero-order chi connectivity index (χ0) is 20.4. The molecule has 2 aliphatic rings. The van der Waals surface area contributed by atoms with Gasteiger partial charge >= 0.3 is 0 Å². The second-order valence-corrected chi connectivity index (χ2v) is 10.3. The number of benzene rings is 1. The van der Waals surface area contributed by atoms with Crippen LogP contribution < -0.4 is 4.90 Å². The first-order chi connectivity index (χ1) is 13.9. The Morgan fingerprint density at radius 1 is 0.931 bits per heavy atom. The number of aromatic nitrogens is 2. The van der Waals surface area contributed by atoms with Gasteiger partial charge in [-0.1, -0.05) is 25.5 Å². The first-order valence-corrected chi connectivity index (χ1v) is 12.1. The van der Waals surface area contributed by atoms with Crippen molar-refractivity contribution < 1.29 is 8.42 Å². The van der Waals surface area contributed by atoms with E-state index in [4.69, 9.17) is 0 Å². The molecule has 0 unspecified atom stereocenters. The normalized spacial score (nSPS) is 19.4. The van der Waals surface area contributed by atoms with Crippen LogP contribution in [0.4, 0.5) is 5.82 Å². The van der Waals surface area contributed by atoms with Crippen molar-refractivity contribution in [2.24, 2.45) is 5.92 Å². The van der Waals surface area contributed by atoms with Gasteiger partial charge in [0.05, 0.1) is 10.6 Å². The molecule has 0 saturated carbocycles. The zero-order valence-corrected chi connectivity index (χ0v) is 18.2. The Kier molecular flexibility index (Phi) is 5.88. The summed E-state index contributed by atoms with van der Waals surface area (Å²) in [5.41, 5.74) is 2.26. The van der Waals surface area contributed by atoms with Gasteiger partial charge in [-0.3, -0.25) is 0 Å². The smallest absolute Gasteiger partial charge is 0.243 e. The highest BCUT2D eigenvalue weighted by atomic mass is 32.2. The van der Waals surface area contributed by atoms with Gasteiger partial charge in [0.25, 0.3) is 0 Å². The van der Waals surface area contributed by atoms with Gasteiger partial charge in [-0.15, -0.1) is 10.2 Å². The molecule has 1 aromatic heterocycles. The Labute approximate surface area is 174 Å². The Balaban J connectivity index is 1.58. The minimum absolute atomic E-state index is 0.382. The summed E-state index contributed by atoms with van der Waals surface area (Å²) in [4.78, 5) is 2.66. The van der Waals surface area contributed by atoms with Gasteiger partial charge in [0, 0.05) is 31.7 Å². The van der Waals surface area contributed by atoms with Crippen molar-refractivity contribution in [2.75, 3.05) is 31.1 Å². The van der Waals surface area contributed by atoms with E-state index in [0.717, 1.165) is 55.2 Å². The van der Waals surface area contributed by atoms with E-state index in [1.54, 1.807) is 10.4 Å². The van der Waals surface area contributed by atoms with Crippen molar-refractivity contribution in [3.63, 3.8) is 0 Å². The zero-order valence-electron chi connectivity index (χ0n) is 17.3. The third kappa shape index (κ3) is 4.31. The summed E-state index contributed by atoms with van der Waals surface area (Å²) in [6.07, 6.45) is 5.32. The quantitative estimate of drug-likeness (QED) is 0.760. The van der Waals surface area contributed by atoms with Crippen LogP contribution in [0.3, 0.4) is 0 Å². The minimum Gasteiger partial charge on any atom is -0.355 e. The van der Waals surface area contributed by atoms with E-state index in [0.29, 0.717) is 23.7 Å². The standard InChI is InChI=1S/C22H30N4O2S/c1-17-10-14-25(15-11-17)22-9-8-20(23-24-22)19-7-6-18(2)21(16-19)29(27,28)26-12-4-3-5-13-26/h6-9,16-17H,3-5,10-15H2,1-2H3. The third-order valence-corrected chi connectivity index (χ3v) is 8.22. The van der Waals surface area contributed by atoms with Gasteiger partial charge in [-0.05, 0) is 62.3 Å². The van der Waals surface area contributed by atoms with Crippen LogP contribution in [0.25, 0.3) is 11.3 Å². The van der Waals surface area contributed by atoms with Crippen LogP contribution in [0.2, 0.25) is 0 Å². The molecule has 2 saturated heterocycles. The largest absolute Gasteiger partial charge is 0.355 e. The molecule has 0 bridgehead atoms. The summed E-state index contributed by atoms with van der Waals surface area (Å²) >= 11 is 0. The van der Waals surface area contributed by atoms with Gasteiger partial charge < -0.3 is 4.90 Å². The van der Waals surface area contributed by atoms with Crippen LogP contribution in [0, 0.1) is 12.8 Å². The number of nitrogens with zero attached hydrogens (tertiary/aromatic N) is 4. The van der Waals surface area contributed by atoms with E-state index in [9.17, 15) is 8.42 Å². The average molecular weight is 415 g/mol. The Morgan fingerprint density at radius 2 is 1.66 bits per heavy atom. The summed E-state index contributed by atoms with van der Waals surface area (Å²) in [5.74, 6) is 1.67. The van der Waals surface area contributed by atoms with Crippen molar-refractivity contribution in [1.29, 1.82) is 0 Å². The van der Waals surface area contributed by atoms with Gasteiger partial charge in [-0.2, -0.15) is 4.31 Å². The van der Waals surface area contributed by atoms with E-state index < -0.39 is 10.0 Å². The lowest BCUT2D eigenvalue weighted by atomic mass is 9.99. The number of hydrogen-bond donors (Lipinski definition) is 0. The van der Waals surface area contributed by atoms with Crippen LogP contribution in [0.1, 0.15) is 44.6 Å². The van der Waals surface area contributed by atoms with E-state index in [2.05, 4.69) is 22.0 Å². The number of sulfonamides is 1. The predicted molar refractivity (Wildman–Crippen MR) is 115 cm³/mol. The molecule has 2 aromatic rings. The third-order valence-electron chi connectivity index (χ3n) is 6.17. The second-order valence-electron chi connectivity index (χ2n) is 8.39. The molecule has 0 spiro atoms. The molecule has 156 valence electrons. The van der Waals surface area contributed by atoms with Crippen LogP contribution in [-0.2, 0) is 10.0 Å². The molecule has 2 fully saturated rings. The molecule has 1 aromatic carbocycles. The molecule has 3 heterocycles. The summed E-state index contributed by atoms with van der Waals surface area (Å²) in [7, 11) is -3.48. The number of rotatable bonds is 4. The lowest BCUT2D eigenvalue weighted by molar-refractivity contribution is 0.346. The highest BCUT2D eigenvalue weighted by Gasteiger charge is 2.27. The lowest BCUT2D eigenvalue weighted by Crippen LogP contribution is -2.35. The van der Waals surface area contributed by atoms with E-state index in [-0.39, 0.29) is 0 Å². The topological polar surface area (TPSA) is 66.4 Å². The number of aryl methyl sites for hydroxylation is 1. The molecule has 0 amide bonds. The van der Waals surface area contributed by atoms with E-state index >= 15 is 0 Å². The van der Waals surface area contributed by atoms with Gasteiger partial charge in [-0.25, -0.2) is 8.42 Å². The molecule has 0 aliphatic carbocycles. The number of anilines is 1. The van der Waals surface area contributed by atoms with E-state index in [1.807, 2.05) is 31.2 Å². The van der Waals surface area contributed by atoms with Crippen LogP contribution >= 0.6 is 0 Å². The number of piperidine rings is 2. The van der Waals surface area contributed by atoms with E-state index in [1.165, 1.54) is 12.8 Å². The monoisotopic (exact) mass is 414 g/mol. The van der Waals surface area contributed by atoms with Gasteiger partial charge in [0.2, 0.25) is 10.0 Å². The van der Waals surface area contributed by atoms with Crippen molar-refractivity contribution in [2.45, 2.75) is 50.8 Å². The SMILES string of the molecule is Cc1ccc(-c2ccc(N3CCC(C)CC3)nn2)cc1S(=O)(=O)N1CCCCC1. The predicted octanol–water partition coefficient (Wildman–Crippen LogP) is 3.86. The lowest BCUT2D eigenvalue weighted by Gasteiger charge is -2.30. The highest BCUT2D eigenvalue weighted by Crippen LogP contribution is 2.28. The summed E-state index contributed by atoms with van der Waals surface area (Å²) < 4.78 is 27.9. The Hall–Kier alpha value is -1.99. The molecule has 29 heavy (non-hydrogen) atoms. The molecule has 2 aliphatic heterocycles. The summed E-state index contributed by atoms with van der Waals surface area (Å²) in [5, 5.41) is 8.83. The Bertz CT molecular complexity index is 945. The first-order valence-electron chi connectivity index (χ1n) is 10.6. The van der Waals surface area contributed by atoms with Crippen LogP contribution in [0.15, 0.2) is 35.2 Å². The van der Waals surface area contributed by atoms with Crippen LogP contribution in [-0.4, -0.2) is 49.1 Å². The molecular formula is C22H30N4O2S. The fourth-order valence-corrected chi connectivity index (χ4v) is 5.94.